The van der Waals surface area contributed by atoms with Gasteiger partial charge < -0.3 is 15.1 Å². The molecule has 3 aromatic rings. The Bertz CT molecular complexity index is 1010. The molecule has 1 aliphatic heterocycles. The number of hydrogen-bond donors (Lipinski definition) is 2. The molecule has 4 rings (SSSR count). The van der Waals surface area contributed by atoms with Gasteiger partial charge in [-0.15, -0.1) is 10.2 Å². The molecule has 0 saturated heterocycles. The summed E-state index contributed by atoms with van der Waals surface area (Å²) in [5.74, 6) is 0.815. The van der Waals surface area contributed by atoms with Crippen molar-refractivity contribution in [3.8, 4) is 11.5 Å². The van der Waals surface area contributed by atoms with Gasteiger partial charge in [0.1, 0.15) is 0 Å². The normalized spacial score (nSPS) is 17.1. The minimum Gasteiger partial charge on any atom is -0.416 e. The molecule has 6 heteroatoms. The molecule has 2 heterocycles. The molecule has 2 N–H and O–H groups in total. The van der Waals surface area contributed by atoms with Crippen molar-refractivity contribution in [1.82, 2.24) is 20.8 Å². The average Bonchev–Trinajstić information content (AvgIpc) is 3.17. The Morgan fingerprint density at radius 1 is 0.963 bits per heavy atom. The van der Waals surface area contributed by atoms with Crippen LogP contribution in [0.4, 0.5) is 4.79 Å². The number of carbonyl (C=O) groups is 1. The van der Waals surface area contributed by atoms with Crippen molar-refractivity contribution in [2.24, 2.45) is 0 Å². The van der Waals surface area contributed by atoms with Crippen molar-refractivity contribution < 1.29 is 9.21 Å². The fourth-order valence-electron chi connectivity index (χ4n) is 2.96. The molecular formula is C21H18N4O2. The Balaban J connectivity index is 1.68. The summed E-state index contributed by atoms with van der Waals surface area (Å²) >= 11 is 0. The van der Waals surface area contributed by atoms with E-state index in [1.165, 1.54) is 0 Å². The van der Waals surface area contributed by atoms with Crippen LogP contribution < -0.4 is 10.6 Å². The number of carbonyl (C=O) groups excluding carboxylic acids is 1. The van der Waals surface area contributed by atoms with Gasteiger partial charge in [-0.3, -0.25) is 0 Å². The number of amides is 2. The summed E-state index contributed by atoms with van der Waals surface area (Å²) in [6.07, 6.45) is 3.87. The second-order valence-electron chi connectivity index (χ2n) is 6.16. The molecule has 134 valence electrons. The molecule has 27 heavy (non-hydrogen) atoms. The Morgan fingerprint density at radius 2 is 1.63 bits per heavy atom. The molecule has 2 aromatic carbocycles. The fraction of sp³-hybridized carbons (Fsp3) is 0.0952. The second kappa shape index (κ2) is 7.29. The molecule has 0 aliphatic carbocycles. The Labute approximate surface area is 156 Å². The summed E-state index contributed by atoms with van der Waals surface area (Å²) in [6, 6.07) is 18.8. The molecule has 0 spiro atoms. The maximum absolute atomic E-state index is 11.9. The molecule has 6 nitrogen and oxygen atoms in total. The van der Waals surface area contributed by atoms with Gasteiger partial charge in [-0.05, 0) is 24.6 Å². The number of nitrogens with zero attached hydrogens (tertiary/aromatic N) is 2. The number of nitrogens with one attached hydrogen (secondary N) is 2. The van der Waals surface area contributed by atoms with Crippen LogP contribution in [0.2, 0.25) is 0 Å². The molecule has 0 fully saturated rings. The second-order valence-corrected chi connectivity index (χ2v) is 6.16. The van der Waals surface area contributed by atoms with Crippen molar-refractivity contribution in [3.05, 3.63) is 83.9 Å². The van der Waals surface area contributed by atoms with Crippen LogP contribution in [0.3, 0.4) is 0 Å². The van der Waals surface area contributed by atoms with Gasteiger partial charge in [0.2, 0.25) is 11.8 Å². The van der Waals surface area contributed by atoms with Gasteiger partial charge in [-0.25, -0.2) is 4.79 Å². The highest BCUT2D eigenvalue weighted by molar-refractivity contribution is 5.87. The van der Waals surface area contributed by atoms with Crippen LogP contribution in [-0.2, 0) is 0 Å². The summed E-state index contributed by atoms with van der Waals surface area (Å²) < 4.78 is 5.89. The van der Waals surface area contributed by atoms with E-state index in [1.54, 1.807) is 0 Å². The Kier molecular flexibility index (Phi) is 4.53. The third kappa shape index (κ3) is 3.64. The van der Waals surface area contributed by atoms with Crippen LogP contribution in [0.5, 0.6) is 0 Å². The minimum absolute atomic E-state index is 0.262. The first kappa shape index (κ1) is 16.8. The maximum atomic E-state index is 11.9. The summed E-state index contributed by atoms with van der Waals surface area (Å²) in [7, 11) is 0. The van der Waals surface area contributed by atoms with E-state index in [1.807, 2.05) is 79.7 Å². The zero-order valence-corrected chi connectivity index (χ0v) is 14.7. The van der Waals surface area contributed by atoms with Crippen molar-refractivity contribution >= 4 is 17.7 Å². The predicted molar refractivity (Wildman–Crippen MR) is 103 cm³/mol. The SMILES string of the molecule is CC1=C(c2nnc(-c3ccccc3)o2)C(/C=C/c2ccccc2)NC(=O)N1. The summed E-state index contributed by atoms with van der Waals surface area (Å²) in [6.45, 7) is 1.82. The monoisotopic (exact) mass is 358 g/mol. The van der Waals surface area contributed by atoms with Crippen molar-refractivity contribution in [1.29, 1.82) is 0 Å². The minimum atomic E-state index is -0.372. The quantitative estimate of drug-likeness (QED) is 0.742. The number of urea groups is 1. The largest absolute Gasteiger partial charge is 0.416 e. The van der Waals surface area contributed by atoms with E-state index in [-0.39, 0.29) is 12.1 Å². The van der Waals surface area contributed by atoms with E-state index >= 15 is 0 Å². The standard InChI is InChI=1S/C21H18N4O2/c1-14-18(20-25-24-19(27-20)16-10-6-3-7-11-16)17(23-21(26)22-14)13-12-15-8-4-2-5-9-15/h2-13,17H,1H3,(H2,22,23,26)/b13-12+. The van der Waals surface area contributed by atoms with Gasteiger partial charge >= 0.3 is 6.03 Å². The van der Waals surface area contributed by atoms with Gasteiger partial charge in [0.25, 0.3) is 0 Å². The zero-order chi connectivity index (χ0) is 18.6. The number of allylic oxidation sites excluding steroid dienone is 1. The van der Waals surface area contributed by atoms with E-state index < -0.39 is 0 Å². The lowest BCUT2D eigenvalue weighted by molar-refractivity contribution is 0.241. The molecule has 0 radical (unpaired) electrons. The summed E-state index contributed by atoms with van der Waals surface area (Å²) in [5, 5.41) is 14.0. The Hall–Kier alpha value is -3.67. The number of rotatable bonds is 4. The van der Waals surface area contributed by atoms with Gasteiger partial charge in [-0.2, -0.15) is 0 Å². The van der Waals surface area contributed by atoms with Gasteiger partial charge in [0.05, 0.1) is 11.6 Å². The highest BCUT2D eigenvalue weighted by atomic mass is 16.4. The van der Waals surface area contributed by atoms with Crippen molar-refractivity contribution in [3.63, 3.8) is 0 Å². The van der Waals surface area contributed by atoms with Crippen LogP contribution in [0.25, 0.3) is 23.1 Å². The van der Waals surface area contributed by atoms with Crippen LogP contribution >= 0.6 is 0 Å². The van der Waals surface area contributed by atoms with E-state index in [0.717, 1.165) is 16.7 Å². The first-order chi connectivity index (χ1) is 13.2. The van der Waals surface area contributed by atoms with E-state index in [2.05, 4.69) is 20.8 Å². The molecule has 0 saturated carbocycles. The van der Waals surface area contributed by atoms with Crippen LogP contribution in [0.1, 0.15) is 18.4 Å². The van der Waals surface area contributed by atoms with Gasteiger partial charge in [-0.1, -0.05) is 60.7 Å². The van der Waals surface area contributed by atoms with Crippen molar-refractivity contribution in [2.45, 2.75) is 13.0 Å². The summed E-state index contributed by atoms with van der Waals surface area (Å²) in [5.41, 5.74) is 3.32. The Morgan fingerprint density at radius 3 is 2.37 bits per heavy atom. The molecule has 1 aromatic heterocycles. The first-order valence-corrected chi connectivity index (χ1v) is 8.61. The average molecular weight is 358 g/mol. The molecule has 1 atom stereocenters. The lowest BCUT2D eigenvalue weighted by Crippen LogP contribution is -2.46. The van der Waals surface area contributed by atoms with Gasteiger partial charge in [0, 0.05) is 11.3 Å². The van der Waals surface area contributed by atoms with E-state index in [9.17, 15) is 4.79 Å². The first-order valence-electron chi connectivity index (χ1n) is 8.61. The highest BCUT2D eigenvalue weighted by Gasteiger charge is 2.28. The topological polar surface area (TPSA) is 80.1 Å². The van der Waals surface area contributed by atoms with E-state index in [0.29, 0.717) is 17.5 Å². The van der Waals surface area contributed by atoms with Gasteiger partial charge in [0.15, 0.2) is 0 Å². The molecule has 1 aliphatic rings. The molecule has 0 bridgehead atoms. The molecule has 1 unspecified atom stereocenters. The zero-order valence-electron chi connectivity index (χ0n) is 14.7. The third-order valence-electron chi connectivity index (χ3n) is 4.26. The van der Waals surface area contributed by atoms with E-state index in [4.69, 9.17) is 4.42 Å². The third-order valence-corrected chi connectivity index (χ3v) is 4.26. The number of benzene rings is 2. The van der Waals surface area contributed by atoms with Crippen LogP contribution in [-0.4, -0.2) is 22.3 Å². The smallest absolute Gasteiger partial charge is 0.319 e. The number of hydrogen-bond acceptors (Lipinski definition) is 4. The predicted octanol–water partition coefficient (Wildman–Crippen LogP) is 3.86. The lowest BCUT2D eigenvalue weighted by Gasteiger charge is -2.24. The highest BCUT2D eigenvalue weighted by Crippen LogP contribution is 2.27. The number of aromatic nitrogens is 2. The molecular weight excluding hydrogens is 340 g/mol. The fourth-order valence-corrected chi connectivity index (χ4v) is 2.96. The lowest BCUT2D eigenvalue weighted by atomic mass is 10.0. The maximum Gasteiger partial charge on any atom is 0.319 e. The molecule has 2 amide bonds. The van der Waals surface area contributed by atoms with Crippen molar-refractivity contribution in [2.75, 3.05) is 0 Å². The van der Waals surface area contributed by atoms with Crippen LogP contribution in [0, 0.1) is 0 Å². The van der Waals surface area contributed by atoms with Crippen LogP contribution in [0.15, 0.2) is 76.9 Å². The summed E-state index contributed by atoms with van der Waals surface area (Å²) in [4.78, 5) is 11.9.